The van der Waals surface area contributed by atoms with Crippen molar-refractivity contribution in [1.29, 1.82) is 0 Å². The molecule has 0 radical (unpaired) electrons. The van der Waals surface area contributed by atoms with Crippen molar-refractivity contribution in [2.45, 2.75) is 57.7 Å². The number of carbonyl (C=O) groups is 1. The van der Waals surface area contributed by atoms with Crippen LogP contribution >= 0.6 is 0 Å². The van der Waals surface area contributed by atoms with Gasteiger partial charge in [-0.1, -0.05) is 44.2 Å². The predicted octanol–water partition coefficient (Wildman–Crippen LogP) is 5.20. The Morgan fingerprint density at radius 2 is 1.70 bits per heavy atom. The highest BCUT2D eigenvalue weighted by molar-refractivity contribution is 5.67. The van der Waals surface area contributed by atoms with Gasteiger partial charge in [0, 0.05) is 26.1 Å². The summed E-state index contributed by atoms with van der Waals surface area (Å²) in [6.07, 6.45) is 3.05. The normalized spacial score (nSPS) is 25.4. The molecule has 1 aromatic rings. The largest absolute Gasteiger partial charge is 0.481 e. The molecule has 1 aromatic carbocycles. The van der Waals surface area contributed by atoms with Gasteiger partial charge in [0.25, 0.3) is 0 Å². The molecule has 1 N–H and O–H groups in total. The van der Waals surface area contributed by atoms with Crippen molar-refractivity contribution >= 4 is 5.97 Å². The molecular weight excluding hydrogens is 355 g/mol. The van der Waals surface area contributed by atoms with E-state index in [1.54, 1.807) is 12.1 Å². The molecule has 150 valence electrons. The van der Waals surface area contributed by atoms with Gasteiger partial charge in [-0.05, 0) is 41.9 Å². The molecule has 0 unspecified atom stereocenters. The monoisotopic (exact) mass is 383 g/mol. The predicted molar refractivity (Wildman–Crippen MR) is 97.1 cm³/mol. The van der Waals surface area contributed by atoms with Crippen LogP contribution in [0.1, 0.15) is 56.1 Å². The zero-order valence-corrected chi connectivity index (χ0v) is 15.5. The van der Waals surface area contributed by atoms with Crippen LogP contribution in [0.5, 0.6) is 0 Å². The Morgan fingerprint density at radius 3 is 2.30 bits per heavy atom. The SMILES string of the molecule is O=C(O)C[C@H]1C[C@@H](C2CCCCC2)CN(Cc2ccc(C(F)(F)F)cc2)C1. The first-order valence-corrected chi connectivity index (χ1v) is 9.91. The standard InChI is InChI=1S/C21H28F3NO2/c22-21(23,24)19-8-6-15(7-9-19)12-25-13-16(11-20(26)27)10-18(14-25)17-4-2-1-3-5-17/h6-9,16-18H,1-5,10-14H2,(H,26,27)/t16-,18-/m1/s1. The molecule has 1 aliphatic heterocycles. The Labute approximate surface area is 158 Å². The molecule has 27 heavy (non-hydrogen) atoms. The lowest BCUT2D eigenvalue weighted by Gasteiger charge is -2.42. The van der Waals surface area contributed by atoms with Crippen LogP contribution < -0.4 is 0 Å². The summed E-state index contributed by atoms with van der Waals surface area (Å²) in [6, 6.07) is 5.34. The van der Waals surface area contributed by atoms with Crippen LogP contribution in [0.4, 0.5) is 13.2 Å². The maximum Gasteiger partial charge on any atom is 0.416 e. The molecule has 1 saturated heterocycles. The molecule has 6 heteroatoms. The van der Waals surface area contributed by atoms with Crippen LogP contribution in [0.25, 0.3) is 0 Å². The fourth-order valence-corrected chi connectivity index (χ4v) is 4.88. The van der Waals surface area contributed by atoms with Gasteiger partial charge in [-0.15, -0.1) is 0 Å². The molecule has 2 fully saturated rings. The summed E-state index contributed by atoms with van der Waals surface area (Å²) < 4.78 is 38.2. The first kappa shape index (κ1) is 20.2. The van der Waals surface area contributed by atoms with Crippen molar-refractivity contribution in [3.63, 3.8) is 0 Å². The Balaban J connectivity index is 1.67. The number of rotatable bonds is 5. The van der Waals surface area contributed by atoms with E-state index in [1.807, 2.05) is 0 Å². The quantitative estimate of drug-likeness (QED) is 0.760. The number of alkyl halides is 3. The van der Waals surface area contributed by atoms with E-state index in [2.05, 4.69) is 4.90 Å². The maximum atomic E-state index is 12.7. The molecule has 0 aromatic heterocycles. The van der Waals surface area contributed by atoms with Crippen LogP contribution in [-0.2, 0) is 17.5 Å². The lowest BCUT2D eigenvalue weighted by atomic mass is 9.73. The van der Waals surface area contributed by atoms with Gasteiger partial charge in [-0.25, -0.2) is 0 Å². The van der Waals surface area contributed by atoms with Crippen molar-refractivity contribution in [3.8, 4) is 0 Å². The second-order valence-electron chi connectivity index (χ2n) is 8.25. The van der Waals surface area contributed by atoms with E-state index in [-0.39, 0.29) is 12.3 Å². The van der Waals surface area contributed by atoms with Gasteiger partial charge in [0.1, 0.15) is 0 Å². The second-order valence-corrected chi connectivity index (χ2v) is 8.25. The van der Waals surface area contributed by atoms with Gasteiger partial charge >= 0.3 is 12.1 Å². The third kappa shape index (κ3) is 5.71. The Hall–Kier alpha value is -1.56. The molecule has 1 heterocycles. The Morgan fingerprint density at radius 1 is 1.04 bits per heavy atom. The Bertz CT molecular complexity index is 623. The molecule has 3 rings (SSSR count). The first-order valence-electron chi connectivity index (χ1n) is 9.91. The van der Waals surface area contributed by atoms with Crippen molar-refractivity contribution < 1.29 is 23.1 Å². The number of piperidine rings is 1. The van der Waals surface area contributed by atoms with Crippen LogP contribution in [0, 0.1) is 17.8 Å². The molecule has 0 amide bonds. The number of hydrogen-bond donors (Lipinski definition) is 1. The van der Waals surface area contributed by atoms with Crippen LogP contribution in [0.15, 0.2) is 24.3 Å². The maximum absolute atomic E-state index is 12.7. The van der Waals surface area contributed by atoms with Crippen molar-refractivity contribution in [2.24, 2.45) is 17.8 Å². The minimum atomic E-state index is -4.32. The number of carboxylic acids is 1. The summed E-state index contributed by atoms with van der Waals surface area (Å²) in [7, 11) is 0. The van der Waals surface area contributed by atoms with E-state index in [0.29, 0.717) is 24.9 Å². The molecule has 3 nitrogen and oxygen atoms in total. The summed E-state index contributed by atoms with van der Waals surface area (Å²) >= 11 is 0. The van der Waals surface area contributed by atoms with E-state index in [4.69, 9.17) is 0 Å². The van der Waals surface area contributed by atoms with E-state index in [9.17, 15) is 23.1 Å². The van der Waals surface area contributed by atoms with Crippen molar-refractivity contribution in [2.75, 3.05) is 13.1 Å². The number of hydrogen-bond acceptors (Lipinski definition) is 2. The molecular formula is C21H28F3NO2. The summed E-state index contributed by atoms with van der Waals surface area (Å²) in [4.78, 5) is 13.5. The fraction of sp³-hybridized carbons (Fsp3) is 0.667. The lowest BCUT2D eigenvalue weighted by Crippen LogP contribution is -2.43. The fourth-order valence-electron chi connectivity index (χ4n) is 4.88. The zero-order chi connectivity index (χ0) is 19.4. The summed E-state index contributed by atoms with van der Waals surface area (Å²) in [5, 5.41) is 9.22. The van der Waals surface area contributed by atoms with Crippen molar-refractivity contribution in [1.82, 2.24) is 4.90 Å². The number of benzene rings is 1. The summed E-state index contributed by atoms with van der Waals surface area (Å²) in [5.41, 5.74) is 0.218. The zero-order valence-electron chi connectivity index (χ0n) is 15.5. The molecule has 0 spiro atoms. The summed E-state index contributed by atoms with van der Waals surface area (Å²) in [5.74, 6) is 0.514. The van der Waals surface area contributed by atoms with Crippen LogP contribution in [0.2, 0.25) is 0 Å². The third-order valence-corrected chi connectivity index (χ3v) is 6.11. The number of carboxylic acid groups (broad SMARTS) is 1. The molecule has 1 saturated carbocycles. The molecule has 2 aliphatic rings. The van der Waals surface area contributed by atoms with Crippen LogP contribution in [0.3, 0.4) is 0 Å². The van der Waals surface area contributed by atoms with E-state index >= 15 is 0 Å². The first-order chi connectivity index (χ1) is 12.8. The van der Waals surface area contributed by atoms with E-state index in [0.717, 1.165) is 30.7 Å². The van der Waals surface area contributed by atoms with Gasteiger partial charge < -0.3 is 5.11 Å². The molecule has 2 atom stereocenters. The smallest absolute Gasteiger partial charge is 0.416 e. The third-order valence-electron chi connectivity index (χ3n) is 6.11. The highest BCUT2D eigenvalue weighted by atomic mass is 19.4. The number of aliphatic carboxylic acids is 1. The number of likely N-dealkylation sites (tertiary alicyclic amines) is 1. The average molecular weight is 383 g/mol. The van der Waals surface area contributed by atoms with Gasteiger partial charge in [0.15, 0.2) is 0 Å². The van der Waals surface area contributed by atoms with E-state index < -0.39 is 17.7 Å². The van der Waals surface area contributed by atoms with Crippen LogP contribution in [-0.4, -0.2) is 29.1 Å². The topological polar surface area (TPSA) is 40.5 Å². The highest BCUT2D eigenvalue weighted by Gasteiger charge is 2.34. The average Bonchev–Trinajstić information content (AvgIpc) is 2.61. The lowest BCUT2D eigenvalue weighted by molar-refractivity contribution is -0.139. The number of nitrogens with zero attached hydrogens (tertiary/aromatic N) is 1. The van der Waals surface area contributed by atoms with Gasteiger partial charge in [-0.3, -0.25) is 9.69 Å². The van der Waals surface area contributed by atoms with Gasteiger partial charge in [0.05, 0.1) is 5.56 Å². The minimum absolute atomic E-state index is 0.123. The Kier molecular flexibility index (Phi) is 6.45. The van der Waals surface area contributed by atoms with Gasteiger partial charge in [0.2, 0.25) is 0 Å². The number of halogens is 3. The molecule has 0 bridgehead atoms. The molecule has 1 aliphatic carbocycles. The highest BCUT2D eigenvalue weighted by Crippen LogP contribution is 2.38. The van der Waals surface area contributed by atoms with Crippen molar-refractivity contribution in [3.05, 3.63) is 35.4 Å². The van der Waals surface area contributed by atoms with E-state index in [1.165, 1.54) is 32.1 Å². The summed E-state index contributed by atoms with van der Waals surface area (Å²) in [6.45, 7) is 2.20. The van der Waals surface area contributed by atoms with Gasteiger partial charge in [-0.2, -0.15) is 13.2 Å². The second kappa shape index (κ2) is 8.63. The minimum Gasteiger partial charge on any atom is -0.481 e.